The topological polar surface area (TPSA) is 97.2 Å². The number of furan rings is 1. The number of amides is 2. The van der Waals surface area contributed by atoms with E-state index in [1.165, 1.54) is 11.8 Å². The Bertz CT molecular complexity index is 859. The molecule has 2 amide bonds. The Labute approximate surface area is 170 Å². The Balaban J connectivity index is 1.92. The molecule has 0 unspecified atom stereocenters. The molecule has 0 bridgehead atoms. The molecule has 154 valence electrons. The molecule has 0 spiro atoms. The van der Waals surface area contributed by atoms with Crippen molar-refractivity contribution >= 4 is 12.0 Å². The Morgan fingerprint density at radius 2 is 1.97 bits per heavy atom. The number of carbonyl (C=O) groups excluding carboxylic acids is 2. The predicted molar refractivity (Wildman–Crippen MR) is 108 cm³/mol. The van der Waals surface area contributed by atoms with Crippen LogP contribution in [0.15, 0.2) is 64.4 Å². The maximum atomic E-state index is 12.7. The fraction of sp³-hybridized carbons (Fsp3) is 0.364. The highest BCUT2D eigenvalue weighted by Crippen LogP contribution is 2.28. The van der Waals surface area contributed by atoms with Crippen LogP contribution in [0.1, 0.15) is 44.2 Å². The molecule has 2 heterocycles. The molecular formula is C22H28N3O4+. The second kappa shape index (κ2) is 9.43. The van der Waals surface area contributed by atoms with Crippen molar-refractivity contribution < 1.29 is 24.1 Å². The van der Waals surface area contributed by atoms with E-state index in [9.17, 15) is 9.59 Å². The van der Waals surface area contributed by atoms with Crippen molar-refractivity contribution in [3.63, 3.8) is 0 Å². The third-order valence-corrected chi connectivity index (χ3v) is 4.96. The number of benzene rings is 1. The number of quaternary nitrogens is 1. The van der Waals surface area contributed by atoms with Gasteiger partial charge in [0, 0.05) is 11.5 Å². The normalized spacial score (nSPS) is 17.7. The van der Waals surface area contributed by atoms with Gasteiger partial charge in [0.2, 0.25) is 0 Å². The average Bonchev–Trinajstić information content (AvgIpc) is 3.23. The van der Waals surface area contributed by atoms with E-state index in [0.29, 0.717) is 29.5 Å². The second-order valence-corrected chi connectivity index (χ2v) is 7.28. The Hall–Kier alpha value is -3.06. The second-order valence-electron chi connectivity index (χ2n) is 7.28. The highest BCUT2D eigenvalue weighted by atomic mass is 16.5. The molecule has 0 aliphatic carbocycles. The first-order valence-electron chi connectivity index (χ1n) is 9.90. The number of nitrogens with two attached hydrogens (primary N) is 1. The first kappa shape index (κ1) is 20.7. The average molecular weight is 398 g/mol. The van der Waals surface area contributed by atoms with Crippen LogP contribution in [-0.2, 0) is 9.53 Å². The van der Waals surface area contributed by atoms with Crippen LogP contribution in [0, 0.1) is 5.92 Å². The molecule has 7 nitrogen and oxygen atoms in total. The molecule has 1 aromatic carbocycles. The maximum Gasteiger partial charge on any atom is 0.338 e. The minimum absolute atomic E-state index is 0.181. The van der Waals surface area contributed by atoms with Crippen molar-refractivity contribution in [3.05, 3.63) is 71.3 Å². The molecule has 2 aromatic rings. The van der Waals surface area contributed by atoms with Crippen molar-refractivity contribution in [1.29, 1.82) is 0 Å². The lowest BCUT2D eigenvalue weighted by atomic mass is 9.95. The largest absolute Gasteiger partial charge is 0.467 e. The molecule has 1 aromatic heterocycles. The molecule has 7 heteroatoms. The van der Waals surface area contributed by atoms with Gasteiger partial charge >= 0.3 is 12.0 Å². The summed E-state index contributed by atoms with van der Waals surface area (Å²) in [6.07, 6.45) is 1.52. The van der Waals surface area contributed by atoms with E-state index in [0.717, 1.165) is 0 Å². The molecule has 1 aliphatic rings. The van der Waals surface area contributed by atoms with Gasteiger partial charge < -0.3 is 25.1 Å². The number of nitrogens with one attached hydrogen (secondary N) is 2. The summed E-state index contributed by atoms with van der Waals surface area (Å²) >= 11 is 0. The van der Waals surface area contributed by atoms with Gasteiger partial charge in [0.1, 0.15) is 24.4 Å². The maximum absolute atomic E-state index is 12.7. The van der Waals surface area contributed by atoms with E-state index >= 15 is 0 Å². The molecule has 0 saturated heterocycles. The fourth-order valence-electron chi connectivity index (χ4n) is 3.61. The summed E-state index contributed by atoms with van der Waals surface area (Å²) in [5, 5.41) is 7.70. The lowest BCUT2D eigenvalue weighted by Gasteiger charge is -2.28. The quantitative estimate of drug-likeness (QED) is 0.595. The van der Waals surface area contributed by atoms with Crippen LogP contribution in [0.2, 0.25) is 0 Å². The Morgan fingerprint density at radius 1 is 1.21 bits per heavy atom. The van der Waals surface area contributed by atoms with E-state index in [1.54, 1.807) is 19.1 Å². The number of esters is 1. The van der Waals surface area contributed by atoms with Gasteiger partial charge in [-0.2, -0.15) is 0 Å². The number of ether oxygens (including phenoxy) is 1. The van der Waals surface area contributed by atoms with Gasteiger partial charge in [-0.05, 0) is 19.1 Å². The number of hydrogen-bond donors (Lipinski definition) is 3. The van der Waals surface area contributed by atoms with Gasteiger partial charge in [0.25, 0.3) is 0 Å². The Kier molecular flexibility index (Phi) is 6.72. The minimum Gasteiger partial charge on any atom is -0.467 e. The smallest absolute Gasteiger partial charge is 0.338 e. The van der Waals surface area contributed by atoms with Crippen molar-refractivity contribution in [3.8, 4) is 0 Å². The van der Waals surface area contributed by atoms with Gasteiger partial charge in [-0.3, -0.25) is 0 Å². The van der Waals surface area contributed by atoms with Crippen LogP contribution < -0.4 is 16.0 Å². The number of hydrogen-bond acceptors (Lipinski definition) is 4. The fourth-order valence-corrected chi connectivity index (χ4v) is 3.61. The van der Waals surface area contributed by atoms with Crippen molar-refractivity contribution in [2.75, 3.05) is 13.2 Å². The summed E-state index contributed by atoms with van der Waals surface area (Å²) in [7, 11) is 0. The van der Waals surface area contributed by atoms with E-state index in [-0.39, 0.29) is 18.7 Å². The van der Waals surface area contributed by atoms with Gasteiger partial charge in [-0.15, -0.1) is 0 Å². The van der Waals surface area contributed by atoms with E-state index < -0.39 is 12.0 Å². The molecule has 2 atom stereocenters. The highest BCUT2D eigenvalue weighted by Gasteiger charge is 2.36. The standard InChI is InChI=1S/C22H27N3O4/c1-4-28-21(26)18-16(24-22(27)25-20(18)17-11-8-12-29-17)13-23-19(14(2)3)15-9-6-5-7-10-15/h5-12,14,19-20,23H,4,13H2,1-3H3,(H2,24,25,27)/p+1/t19-,20+/m1/s1. The summed E-state index contributed by atoms with van der Waals surface area (Å²) in [6.45, 7) is 6.74. The third-order valence-electron chi connectivity index (χ3n) is 4.96. The molecule has 29 heavy (non-hydrogen) atoms. The number of carbonyl (C=O) groups is 2. The summed E-state index contributed by atoms with van der Waals surface area (Å²) in [4.78, 5) is 25.0. The zero-order valence-electron chi connectivity index (χ0n) is 17.0. The molecule has 1 aliphatic heterocycles. The van der Waals surface area contributed by atoms with Crippen LogP contribution in [0.3, 0.4) is 0 Å². The number of urea groups is 1. The minimum atomic E-state index is -0.685. The lowest BCUT2D eigenvalue weighted by molar-refractivity contribution is -0.696. The third kappa shape index (κ3) is 4.86. The zero-order valence-corrected chi connectivity index (χ0v) is 17.0. The van der Waals surface area contributed by atoms with Crippen molar-refractivity contribution in [2.45, 2.75) is 32.9 Å². The van der Waals surface area contributed by atoms with Crippen LogP contribution >= 0.6 is 0 Å². The molecule has 3 rings (SSSR count). The first-order chi connectivity index (χ1) is 14.0. The summed E-state index contributed by atoms with van der Waals surface area (Å²) in [6, 6.07) is 12.8. The molecular weight excluding hydrogens is 370 g/mol. The van der Waals surface area contributed by atoms with Crippen LogP contribution in [-0.4, -0.2) is 25.2 Å². The molecule has 0 saturated carbocycles. The zero-order chi connectivity index (χ0) is 20.8. The molecule has 4 N–H and O–H groups in total. The molecule has 0 radical (unpaired) electrons. The number of rotatable bonds is 8. The van der Waals surface area contributed by atoms with Crippen LogP contribution in [0.4, 0.5) is 4.79 Å². The van der Waals surface area contributed by atoms with E-state index in [2.05, 4.69) is 41.9 Å². The van der Waals surface area contributed by atoms with Gasteiger partial charge in [0.15, 0.2) is 0 Å². The SMILES string of the molecule is CCOC(=O)C1=C(C[NH2+][C@@H](c2ccccc2)C(C)C)NC(=O)N[C@H]1c1ccco1. The summed E-state index contributed by atoms with van der Waals surface area (Å²) < 4.78 is 10.7. The van der Waals surface area contributed by atoms with Crippen molar-refractivity contribution in [1.82, 2.24) is 10.6 Å². The molecule has 0 fully saturated rings. The van der Waals surface area contributed by atoms with Crippen LogP contribution in [0.25, 0.3) is 0 Å². The predicted octanol–water partition coefficient (Wildman–Crippen LogP) is 2.41. The van der Waals surface area contributed by atoms with Gasteiger partial charge in [-0.1, -0.05) is 44.2 Å². The summed E-state index contributed by atoms with van der Waals surface area (Å²) in [5.74, 6) is 0.386. The van der Waals surface area contributed by atoms with Crippen LogP contribution in [0.5, 0.6) is 0 Å². The lowest BCUT2D eigenvalue weighted by Crippen LogP contribution is -2.87. The van der Waals surface area contributed by atoms with Gasteiger partial charge in [-0.25, -0.2) is 9.59 Å². The van der Waals surface area contributed by atoms with E-state index in [4.69, 9.17) is 9.15 Å². The Morgan fingerprint density at radius 3 is 2.59 bits per heavy atom. The summed E-state index contributed by atoms with van der Waals surface area (Å²) in [5.41, 5.74) is 2.10. The highest BCUT2D eigenvalue weighted by molar-refractivity contribution is 5.95. The van der Waals surface area contributed by atoms with Crippen molar-refractivity contribution in [2.24, 2.45) is 5.92 Å². The van der Waals surface area contributed by atoms with E-state index in [1.807, 2.05) is 18.2 Å². The first-order valence-corrected chi connectivity index (χ1v) is 9.90. The van der Waals surface area contributed by atoms with Gasteiger partial charge in [0.05, 0.1) is 24.1 Å². The monoisotopic (exact) mass is 398 g/mol.